The first kappa shape index (κ1) is 36.6. The van der Waals surface area contributed by atoms with Crippen LogP contribution >= 0.6 is 0 Å². The molecule has 1 aliphatic carbocycles. The molecule has 1 unspecified atom stereocenters. The topological polar surface area (TPSA) is 176 Å². The zero-order valence-electron chi connectivity index (χ0n) is 29.1. The minimum atomic E-state index is -1.64. The summed E-state index contributed by atoms with van der Waals surface area (Å²) in [5.41, 5.74) is -1.18. The van der Waals surface area contributed by atoms with E-state index < -0.39 is 35.6 Å². The van der Waals surface area contributed by atoms with Crippen LogP contribution in [0.4, 0.5) is 4.79 Å². The van der Waals surface area contributed by atoms with Crippen LogP contribution in [0, 0.1) is 0 Å². The van der Waals surface area contributed by atoms with E-state index in [0.717, 1.165) is 32.1 Å². The normalized spacial score (nSPS) is 18.6. The van der Waals surface area contributed by atoms with Gasteiger partial charge in [-0.25, -0.2) is 9.48 Å². The number of rotatable bonds is 13. The summed E-state index contributed by atoms with van der Waals surface area (Å²) < 4.78 is 12.6. The van der Waals surface area contributed by atoms with Crippen molar-refractivity contribution in [1.82, 2.24) is 35.1 Å². The predicted molar refractivity (Wildman–Crippen MR) is 182 cm³/mol. The monoisotopic (exact) mass is 695 g/mol. The van der Waals surface area contributed by atoms with E-state index in [1.807, 2.05) is 13.0 Å². The molecular formula is C35H49N7O8. The number of carbonyl (C=O) groups excluding carboxylic acids is 5. The quantitative estimate of drug-likeness (QED) is 0.264. The van der Waals surface area contributed by atoms with Crippen LogP contribution in [0.2, 0.25) is 0 Å². The number of aliphatic hydroxyl groups is 1. The fraction of sp³-hybridized carbons (Fsp3) is 0.600. The van der Waals surface area contributed by atoms with Gasteiger partial charge in [0.05, 0.1) is 17.9 Å². The van der Waals surface area contributed by atoms with E-state index in [1.54, 1.807) is 29.2 Å². The van der Waals surface area contributed by atoms with Crippen molar-refractivity contribution < 1.29 is 38.6 Å². The first-order valence-corrected chi connectivity index (χ1v) is 17.6. The highest BCUT2D eigenvalue weighted by atomic mass is 16.6. The van der Waals surface area contributed by atoms with E-state index >= 15 is 0 Å². The van der Waals surface area contributed by atoms with E-state index in [-0.39, 0.29) is 62.2 Å². The van der Waals surface area contributed by atoms with Gasteiger partial charge >= 0.3 is 6.09 Å². The standard InChI is InChI=1S/C35H49N7O8/c1-4-5-21-49-34(47)40-19-17-39(18-20-40)33(46)30(35(2,3)48)37-31(44)26-22-29(42(38-26)25-13-7-6-8-14-25)50-23-28(43)41-16-10-15-27(41)32(45)36-24-11-9-12-24/h6-8,13-14,22,24,27,30,48H,4-5,9-12,15-21,23H2,1-3H3,(H,36,45)(H,37,44)/t27-,30?/m0/s1. The van der Waals surface area contributed by atoms with Gasteiger partial charge in [-0.1, -0.05) is 31.5 Å². The fourth-order valence-corrected chi connectivity index (χ4v) is 6.17. The first-order chi connectivity index (χ1) is 24.0. The first-order valence-electron chi connectivity index (χ1n) is 17.6. The third-order valence-corrected chi connectivity index (χ3v) is 9.38. The number of nitrogens with one attached hydrogen (secondary N) is 2. The Kier molecular flexibility index (Phi) is 12.0. The van der Waals surface area contributed by atoms with E-state index in [1.165, 1.54) is 34.4 Å². The second-order valence-electron chi connectivity index (χ2n) is 13.6. The summed E-state index contributed by atoms with van der Waals surface area (Å²) in [6.07, 6.45) is 5.53. The number of unbranched alkanes of at least 4 members (excludes halogenated alkanes) is 1. The molecule has 2 aromatic rings. The molecule has 1 saturated carbocycles. The fourth-order valence-electron chi connectivity index (χ4n) is 6.17. The maximum atomic E-state index is 13.6. The molecule has 50 heavy (non-hydrogen) atoms. The molecular weight excluding hydrogens is 646 g/mol. The average Bonchev–Trinajstić information content (AvgIpc) is 3.76. The molecule has 1 aromatic carbocycles. The van der Waals surface area contributed by atoms with Gasteiger partial charge in [0.1, 0.15) is 12.1 Å². The van der Waals surface area contributed by atoms with Gasteiger partial charge in [-0.2, -0.15) is 5.10 Å². The number of aromatic nitrogens is 2. The number of benzene rings is 1. The minimum absolute atomic E-state index is 0.100. The van der Waals surface area contributed by atoms with Crippen molar-refractivity contribution in [3.8, 4) is 11.6 Å². The second-order valence-corrected chi connectivity index (χ2v) is 13.6. The Morgan fingerprint density at radius 1 is 0.980 bits per heavy atom. The summed E-state index contributed by atoms with van der Waals surface area (Å²) in [6.45, 7) is 6.19. The molecule has 15 nitrogen and oxygen atoms in total. The van der Waals surface area contributed by atoms with Crippen LogP contribution in [0.5, 0.6) is 5.88 Å². The lowest BCUT2D eigenvalue weighted by Crippen LogP contribution is -2.61. The maximum absolute atomic E-state index is 13.6. The Morgan fingerprint density at radius 2 is 1.68 bits per heavy atom. The number of likely N-dealkylation sites (tertiary alicyclic amines) is 1. The molecule has 0 radical (unpaired) electrons. The molecule has 2 atom stereocenters. The average molecular weight is 696 g/mol. The third-order valence-electron chi connectivity index (χ3n) is 9.38. The van der Waals surface area contributed by atoms with E-state index in [2.05, 4.69) is 15.7 Å². The lowest BCUT2D eigenvalue weighted by molar-refractivity contribution is -0.140. The van der Waals surface area contributed by atoms with Crippen LogP contribution in [0.15, 0.2) is 36.4 Å². The van der Waals surface area contributed by atoms with E-state index in [9.17, 15) is 29.1 Å². The molecule has 0 spiro atoms. The van der Waals surface area contributed by atoms with Crippen LogP contribution < -0.4 is 15.4 Å². The van der Waals surface area contributed by atoms with Crippen LogP contribution in [-0.2, 0) is 19.1 Å². The van der Waals surface area contributed by atoms with Crippen LogP contribution in [0.25, 0.3) is 5.69 Å². The number of para-hydroxylation sites is 1. The lowest BCUT2D eigenvalue weighted by atomic mass is 9.93. The summed E-state index contributed by atoms with van der Waals surface area (Å²) >= 11 is 0. The van der Waals surface area contributed by atoms with Gasteiger partial charge < -0.3 is 39.9 Å². The summed E-state index contributed by atoms with van der Waals surface area (Å²) in [7, 11) is 0. The van der Waals surface area contributed by atoms with Crippen molar-refractivity contribution in [3.63, 3.8) is 0 Å². The highest BCUT2D eigenvalue weighted by molar-refractivity contribution is 5.97. The molecule has 2 saturated heterocycles. The summed E-state index contributed by atoms with van der Waals surface area (Å²) in [5.74, 6) is -1.63. The largest absolute Gasteiger partial charge is 0.467 e. The van der Waals surface area contributed by atoms with E-state index in [4.69, 9.17) is 9.47 Å². The zero-order chi connectivity index (χ0) is 35.8. The van der Waals surface area contributed by atoms with Crippen molar-refractivity contribution in [3.05, 3.63) is 42.1 Å². The number of nitrogens with zero attached hydrogens (tertiary/aromatic N) is 5. The highest BCUT2D eigenvalue weighted by Gasteiger charge is 2.40. The molecule has 5 amide bonds. The number of amides is 5. The van der Waals surface area contributed by atoms with Crippen molar-refractivity contribution in [2.24, 2.45) is 0 Å². The smallest absolute Gasteiger partial charge is 0.409 e. The van der Waals surface area contributed by atoms with Crippen molar-refractivity contribution in [2.45, 2.75) is 89.4 Å². The molecule has 3 aliphatic rings. The number of hydrogen-bond donors (Lipinski definition) is 3. The van der Waals surface area contributed by atoms with Crippen molar-refractivity contribution in [2.75, 3.05) is 45.9 Å². The van der Waals surface area contributed by atoms with Gasteiger partial charge in [0.2, 0.25) is 17.7 Å². The predicted octanol–water partition coefficient (Wildman–Crippen LogP) is 1.86. The third kappa shape index (κ3) is 8.92. The Labute approximate surface area is 292 Å². The Bertz CT molecular complexity index is 1510. The lowest BCUT2D eigenvalue weighted by Gasteiger charge is -2.38. The minimum Gasteiger partial charge on any atom is -0.467 e. The Morgan fingerprint density at radius 3 is 2.32 bits per heavy atom. The Hall–Kier alpha value is -4.66. The van der Waals surface area contributed by atoms with Gasteiger partial charge in [-0.05, 0) is 64.5 Å². The summed E-state index contributed by atoms with van der Waals surface area (Å²) in [5, 5.41) is 21.1. The van der Waals surface area contributed by atoms with Crippen molar-refractivity contribution in [1.29, 1.82) is 0 Å². The molecule has 2 aliphatic heterocycles. The summed E-state index contributed by atoms with van der Waals surface area (Å²) in [4.78, 5) is 70.4. The molecule has 0 bridgehead atoms. The Balaban J connectivity index is 1.25. The molecule has 1 aromatic heterocycles. The van der Waals surface area contributed by atoms with Crippen LogP contribution in [0.3, 0.4) is 0 Å². The van der Waals surface area contributed by atoms with Gasteiger partial charge in [0.25, 0.3) is 11.8 Å². The van der Waals surface area contributed by atoms with Gasteiger partial charge in [-0.3, -0.25) is 19.2 Å². The van der Waals surface area contributed by atoms with Crippen molar-refractivity contribution >= 4 is 29.7 Å². The van der Waals surface area contributed by atoms with Crippen LogP contribution in [-0.4, -0.2) is 129 Å². The molecule has 272 valence electrons. The summed E-state index contributed by atoms with van der Waals surface area (Å²) in [6, 6.07) is 8.57. The van der Waals surface area contributed by atoms with E-state index in [0.29, 0.717) is 31.7 Å². The molecule has 3 N–H and O–H groups in total. The second kappa shape index (κ2) is 16.4. The number of carbonyl (C=O) groups is 5. The number of piperazine rings is 1. The molecule has 3 heterocycles. The zero-order valence-corrected chi connectivity index (χ0v) is 29.1. The van der Waals surface area contributed by atoms with Gasteiger partial charge in [0.15, 0.2) is 12.3 Å². The SMILES string of the molecule is CCCCOC(=O)N1CCN(C(=O)C(NC(=O)c2cc(OCC(=O)N3CCC[C@H]3C(=O)NC3CCC3)n(-c3ccccc3)n2)C(C)(C)O)CC1. The maximum Gasteiger partial charge on any atom is 0.409 e. The van der Waals surface area contributed by atoms with Crippen LogP contribution in [0.1, 0.15) is 76.2 Å². The van der Waals surface area contributed by atoms with Gasteiger partial charge in [0, 0.05) is 44.8 Å². The van der Waals surface area contributed by atoms with Gasteiger partial charge in [-0.15, -0.1) is 0 Å². The number of hydrogen-bond acceptors (Lipinski definition) is 9. The highest BCUT2D eigenvalue weighted by Crippen LogP contribution is 2.24. The molecule has 15 heteroatoms. The molecule has 3 fully saturated rings. The molecule has 5 rings (SSSR count). The number of ether oxygens (including phenoxy) is 2.